The second-order valence-electron chi connectivity index (χ2n) is 6.71. The van der Waals surface area contributed by atoms with Crippen LogP contribution in [0.3, 0.4) is 0 Å². The highest BCUT2D eigenvalue weighted by molar-refractivity contribution is 6.90. The molecule has 122 valence electrons. The molecular formula is C17H32O3Si. The molecule has 0 spiro atoms. The molecule has 0 aromatic carbocycles. The van der Waals surface area contributed by atoms with E-state index in [1.54, 1.807) is 0 Å². The molecule has 0 aliphatic heterocycles. The van der Waals surface area contributed by atoms with E-state index in [2.05, 4.69) is 59.6 Å². The Labute approximate surface area is 131 Å². The topological polar surface area (TPSA) is 60.7 Å². The van der Waals surface area contributed by atoms with E-state index in [1.165, 1.54) is 6.08 Å². The third-order valence-electron chi connectivity index (χ3n) is 4.42. The van der Waals surface area contributed by atoms with Crippen LogP contribution in [0.2, 0.25) is 16.6 Å². The predicted molar refractivity (Wildman–Crippen MR) is 91.7 cm³/mol. The maximum atomic E-state index is 10.0. The minimum Gasteiger partial charge on any atom is -0.390 e. The second-order valence-corrected chi connectivity index (χ2v) is 12.3. The normalized spacial score (nSPS) is 16.6. The third kappa shape index (κ3) is 5.26. The summed E-state index contributed by atoms with van der Waals surface area (Å²) in [6.07, 6.45) is -1.67. The van der Waals surface area contributed by atoms with Gasteiger partial charge in [0, 0.05) is 6.42 Å². The van der Waals surface area contributed by atoms with Gasteiger partial charge >= 0.3 is 0 Å². The van der Waals surface area contributed by atoms with Gasteiger partial charge in [0.15, 0.2) is 0 Å². The van der Waals surface area contributed by atoms with Crippen molar-refractivity contribution < 1.29 is 15.3 Å². The van der Waals surface area contributed by atoms with Crippen LogP contribution >= 0.6 is 0 Å². The van der Waals surface area contributed by atoms with Gasteiger partial charge in [-0.15, -0.1) is 12.1 Å². The monoisotopic (exact) mass is 312 g/mol. The highest BCUT2D eigenvalue weighted by Crippen LogP contribution is 2.40. The van der Waals surface area contributed by atoms with Crippen LogP contribution in [0.5, 0.6) is 0 Å². The van der Waals surface area contributed by atoms with Crippen LogP contribution in [0.1, 0.15) is 48.0 Å². The fourth-order valence-corrected chi connectivity index (χ4v) is 8.51. The van der Waals surface area contributed by atoms with Crippen LogP contribution in [0.4, 0.5) is 0 Å². The quantitative estimate of drug-likeness (QED) is 0.385. The zero-order valence-corrected chi connectivity index (χ0v) is 15.3. The molecule has 0 saturated heterocycles. The van der Waals surface area contributed by atoms with Gasteiger partial charge in [0.05, 0.1) is 12.2 Å². The Hall–Kier alpha value is -0.603. The van der Waals surface area contributed by atoms with Crippen molar-refractivity contribution in [2.75, 3.05) is 0 Å². The van der Waals surface area contributed by atoms with Crippen molar-refractivity contribution in [2.45, 2.75) is 82.9 Å². The van der Waals surface area contributed by atoms with Gasteiger partial charge in [-0.05, 0) is 16.6 Å². The lowest BCUT2D eigenvalue weighted by Crippen LogP contribution is -2.43. The number of aliphatic hydroxyl groups excluding tert-OH is 3. The van der Waals surface area contributed by atoms with Crippen LogP contribution in [-0.2, 0) is 0 Å². The highest BCUT2D eigenvalue weighted by Gasteiger charge is 2.41. The Balaban J connectivity index is 5.17. The molecular weight excluding hydrogens is 280 g/mol. The summed E-state index contributed by atoms with van der Waals surface area (Å²) in [5, 5.41) is 29.2. The molecule has 0 heterocycles. The van der Waals surface area contributed by atoms with E-state index in [0.717, 1.165) is 0 Å². The third-order valence-corrected chi connectivity index (χ3v) is 10.7. The molecule has 3 N–H and O–H groups in total. The summed E-state index contributed by atoms with van der Waals surface area (Å²) in [5.41, 5.74) is 4.92. The second kappa shape index (κ2) is 8.75. The SMILES string of the molecule is C=C[C@H](O)[C@H](O)C[C@H](O)C#C[Si](C(C)C)(C(C)C)C(C)C. The van der Waals surface area contributed by atoms with Gasteiger partial charge in [-0.2, -0.15) is 0 Å². The maximum absolute atomic E-state index is 10.0. The summed E-state index contributed by atoms with van der Waals surface area (Å²) in [5.74, 6) is 2.94. The Morgan fingerprint density at radius 3 is 1.71 bits per heavy atom. The van der Waals surface area contributed by atoms with E-state index < -0.39 is 26.4 Å². The molecule has 0 aromatic rings. The first kappa shape index (κ1) is 20.4. The van der Waals surface area contributed by atoms with E-state index in [4.69, 9.17) is 0 Å². The van der Waals surface area contributed by atoms with Gasteiger partial charge in [0.25, 0.3) is 0 Å². The number of hydrogen-bond donors (Lipinski definition) is 3. The molecule has 0 aromatic heterocycles. The largest absolute Gasteiger partial charge is 0.390 e. The molecule has 0 saturated carbocycles. The summed E-state index contributed by atoms with van der Waals surface area (Å²) in [4.78, 5) is 0. The number of rotatable bonds is 7. The molecule has 21 heavy (non-hydrogen) atoms. The first-order valence-corrected chi connectivity index (χ1v) is 10.0. The van der Waals surface area contributed by atoms with Crippen molar-refractivity contribution in [3.05, 3.63) is 12.7 Å². The molecule has 0 rings (SSSR count). The molecule has 0 fully saturated rings. The fourth-order valence-electron chi connectivity index (χ4n) is 3.23. The van der Waals surface area contributed by atoms with Crippen molar-refractivity contribution in [1.29, 1.82) is 0 Å². The van der Waals surface area contributed by atoms with Crippen molar-refractivity contribution >= 4 is 8.07 Å². The Kier molecular flexibility index (Phi) is 8.49. The lowest BCUT2D eigenvalue weighted by molar-refractivity contribution is 0.0217. The summed E-state index contributed by atoms with van der Waals surface area (Å²) in [6, 6.07) is 0. The van der Waals surface area contributed by atoms with Crippen molar-refractivity contribution in [1.82, 2.24) is 0 Å². The molecule has 3 atom stereocenters. The standard InChI is InChI=1S/C17H32O3Si/c1-8-16(19)17(20)11-15(18)9-10-21(12(2)3,13(4)5)14(6)7/h8,12-20H,1,11H2,2-7H3/t15-,16+,17-/m1/s1. The van der Waals surface area contributed by atoms with Crippen LogP contribution < -0.4 is 0 Å². The Bertz CT molecular complexity index is 357. The lowest BCUT2D eigenvalue weighted by atomic mass is 10.1. The Morgan fingerprint density at radius 1 is 0.952 bits per heavy atom. The van der Waals surface area contributed by atoms with Gasteiger partial charge in [-0.3, -0.25) is 0 Å². The van der Waals surface area contributed by atoms with Gasteiger partial charge in [-0.1, -0.05) is 53.5 Å². The highest BCUT2D eigenvalue weighted by atomic mass is 28.3. The molecule has 0 amide bonds. The van der Waals surface area contributed by atoms with Crippen LogP contribution in [-0.4, -0.2) is 41.7 Å². The van der Waals surface area contributed by atoms with Crippen LogP contribution in [0.15, 0.2) is 12.7 Å². The zero-order chi connectivity index (χ0) is 16.8. The van der Waals surface area contributed by atoms with E-state index in [9.17, 15) is 15.3 Å². The van der Waals surface area contributed by atoms with Crippen molar-refractivity contribution in [2.24, 2.45) is 0 Å². The van der Waals surface area contributed by atoms with E-state index in [0.29, 0.717) is 16.6 Å². The van der Waals surface area contributed by atoms with Gasteiger partial charge in [-0.25, -0.2) is 0 Å². The van der Waals surface area contributed by atoms with Crippen LogP contribution in [0.25, 0.3) is 0 Å². The lowest BCUT2D eigenvalue weighted by Gasteiger charge is -2.38. The summed E-state index contributed by atoms with van der Waals surface area (Å²) in [7, 11) is -1.86. The smallest absolute Gasteiger partial charge is 0.146 e. The Morgan fingerprint density at radius 2 is 1.38 bits per heavy atom. The van der Waals surface area contributed by atoms with Crippen LogP contribution in [0, 0.1) is 11.5 Å². The average molecular weight is 313 g/mol. The number of aliphatic hydroxyl groups is 3. The summed E-state index contributed by atoms with van der Waals surface area (Å²) in [6.45, 7) is 16.7. The summed E-state index contributed by atoms with van der Waals surface area (Å²) >= 11 is 0. The molecule has 4 heteroatoms. The van der Waals surface area contributed by atoms with Crippen molar-refractivity contribution in [3.8, 4) is 11.5 Å². The molecule has 0 bridgehead atoms. The minimum absolute atomic E-state index is 0.0406. The number of hydrogen-bond acceptors (Lipinski definition) is 3. The zero-order valence-electron chi connectivity index (χ0n) is 14.3. The van der Waals surface area contributed by atoms with E-state index in [1.807, 2.05) is 0 Å². The first-order chi connectivity index (χ1) is 9.59. The van der Waals surface area contributed by atoms with Gasteiger partial charge in [0.2, 0.25) is 0 Å². The fraction of sp³-hybridized carbons (Fsp3) is 0.765. The van der Waals surface area contributed by atoms with E-state index >= 15 is 0 Å². The molecule has 0 aliphatic carbocycles. The van der Waals surface area contributed by atoms with Gasteiger partial charge in [0.1, 0.15) is 14.2 Å². The molecule has 3 nitrogen and oxygen atoms in total. The summed E-state index contributed by atoms with van der Waals surface area (Å²) < 4.78 is 0. The van der Waals surface area contributed by atoms with Gasteiger partial charge < -0.3 is 15.3 Å². The van der Waals surface area contributed by atoms with E-state index in [-0.39, 0.29) is 6.42 Å². The molecule has 0 unspecified atom stereocenters. The predicted octanol–water partition coefficient (Wildman–Crippen LogP) is 2.87. The first-order valence-electron chi connectivity index (χ1n) is 7.78. The molecule has 0 radical (unpaired) electrons. The minimum atomic E-state index is -1.86. The average Bonchev–Trinajstić information content (AvgIpc) is 2.36. The maximum Gasteiger partial charge on any atom is 0.146 e. The van der Waals surface area contributed by atoms with Crippen molar-refractivity contribution in [3.63, 3.8) is 0 Å². The molecule has 0 aliphatic rings.